The molecule has 1 unspecified atom stereocenters. The predicted octanol–water partition coefficient (Wildman–Crippen LogP) is 1.73. The topological polar surface area (TPSA) is 90.1 Å². The smallest absolute Gasteiger partial charge is 0.258 e. The van der Waals surface area contributed by atoms with Gasteiger partial charge in [-0.1, -0.05) is 42.5 Å². The monoisotopic (exact) mass is 457 g/mol. The van der Waals surface area contributed by atoms with Crippen molar-refractivity contribution in [2.45, 2.75) is 51.4 Å². The predicted molar refractivity (Wildman–Crippen MR) is 128 cm³/mol. The second-order valence-electron chi connectivity index (χ2n) is 9.48. The lowest BCUT2D eigenvalue weighted by Gasteiger charge is -2.32. The molecule has 0 saturated carbocycles. The van der Waals surface area contributed by atoms with E-state index in [9.17, 15) is 4.79 Å². The van der Waals surface area contributed by atoms with Crippen LogP contribution in [0.15, 0.2) is 53.3 Å². The minimum atomic E-state index is -0.279. The molecule has 0 aliphatic carbocycles. The number of hydrogen-bond donors (Lipinski definition) is 2. The molecule has 3 atom stereocenters. The zero-order chi connectivity index (χ0) is 23.1. The number of nitrogens with zero attached hydrogens (tertiary/aromatic N) is 4. The number of rotatable bonds is 5. The Balaban J connectivity index is 1.47. The lowest BCUT2D eigenvalue weighted by Crippen LogP contribution is -3.12. The standard InChI is InChI=1S/C26H28N6O2/c1-17-6-4-9-19-14-22(26(33)27-23(17)19)24(31-12-11-18-7-2-3-8-20(18)15-31)25-28-29-30-32(25)16-21-10-5-13-34-21/h2-4,6-9,14,21,24H,5,10-13,15-16H2,1H3,(H,27,33)/p+1/t21-,24+/m0/s1. The molecule has 4 heterocycles. The van der Waals surface area contributed by atoms with Crippen LogP contribution < -0.4 is 10.5 Å². The van der Waals surface area contributed by atoms with Crippen LogP contribution in [0.4, 0.5) is 0 Å². The summed E-state index contributed by atoms with van der Waals surface area (Å²) < 4.78 is 7.72. The van der Waals surface area contributed by atoms with Crippen LogP contribution in [-0.4, -0.2) is 44.4 Å². The second-order valence-corrected chi connectivity index (χ2v) is 9.48. The highest BCUT2D eigenvalue weighted by Gasteiger charge is 2.36. The molecule has 2 aliphatic heterocycles. The van der Waals surface area contributed by atoms with E-state index >= 15 is 0 Å². The number of quaternary nitrogens is 1. The minimum Gasteiger partial charge on any atom is -0.376 e. The number of aromatic nitrogens is 5. The average Bonchev–Trinajstić information content (AvgIpc) is 3.53. The number of fused-ring (bicyclic) bond motifs is 2. The van der Waals surface area contributed by atoms with E-state index < -0.39 is 0 Å². The number of nitrogens with one attached hydrogen (secondary N) is 2. The second kappa shape index (κ2) is 8.77. The quantitative estimate of drug-likeness (QED) is 0.477. The van der Waals surface area contributed by atoms with E-state index in [-0.39, 0.29) is 17.7 Å². The lowest BCUT2D eigenvalue weighted by molar-refractivity contribution is -0.942. The van der Waals surface area contributed by atoms with E-state index in [4.69, 9.17) is 4.74 Å². The number of ether oxygens (including phenoxy) is 1. The number of hydrogen-bond acceptors (Lipinski definition) is 5. The highest BCUT2D eigenvalue weighted by molar-refractivity contribution is 5.82. The molecule has 1 fully saturated rings. The number of tetrazole rings is 1. The molecule has 2 aliphatic rings. The van der Waals surface area contributed by atoms with Gasteiger partial charge < -0.3 is 14.6 Å². The van der Waals surface area contributed by atoms with Crippen molar-refractivity contribution in [2.24, 2.45) is 0 Å². The van der Waals surface area contributed by atoms with Crippen molar-refractivity contribution < 1.29 is 9.64 Å². The van der Waals surface area contributed by atoms with Crippen LogP contribution in [0.25, 0.3) is 10.9 Å². The van der Waals surface area contributed by atoms with Crippen LogP contribution in [0.2, 0.25) is 0 Å². The van der Waals surface area contributed by atoms with Gasteiger partial charge in [-0.3, -0.25) is 4.79 Å². The highest BCUT2D eigenvalue weighted by atomic mass is 16.5. The summed E-state index contributed by atoms with van der Waals surface area (Å²) >= 11 is 0. The van der Waals surface area contributed by atoms with Crippen molar-refractivity contribution in [1.29, 1.82) is 0 Å². The molecule has 0 amide bonds. The third-order valence-electron chi connectivity index (χ3n) is 7.31. The molecule has 0 spiro atoms. The van der Waals surface area contributed by atoms with Gasteiger partial charge >= 0.3 is 0 Å². The number of H-pyrrole nitrogens is 1. The number of benzene rings is 2. The highest BCUT2D eigenvalue weighted by Crippen LogP contribution is 2.23. The normalized spacial score (nSPS) is 21.0. The molecule has 0 radical (unpaired) electrons. The molecule has 0 bridgehead atoms. The summed E-state index contributed by atoms with van der Waals surface area (Å²) in [6, 6.07) is 16.4. The molecular weight excluding hydrogens is 428 g/mol. The molecule has 8 nitrogen and oxygen atoms in total. The third kappa shape index (κ3) is 3.82. The number of aromatic amines is 1. The fourth-order valence-electron chi connectivity index (χ4n) is 5.53. The lowest BCUT2D eigenvalue weighted by atomic mass is 9.95. The van der Waals surface area contributed by atoms with Gasteiger partial charge in [-0.15, -0.1) is 5.10 Å². The average molecular weight is 458 g/mol. The molecule has 2 aromatic heterocycles. The summed E-state index contributed by atoms with van der Waals surface area (Å²) in [6.07, 6.45) is 3.13. The molecule has 2 aromatic carbocycles. The van der Waals surface area contributed by atoms with Crippen molar-refractivity contribution in [3.63, 3.8) is 0 Å². The Bertz CT molecular complexity index is 1390. The third-order valence-corrected chi connectivity index (χ3v) is 7.31. The van der Waals surface area contributed by atoms with Gasteiger partial charge in [0.25, 0.3) is 5.56 Å². The van der Waals surface area contributed by atoms with Crippen molar-refractivity contribution in [2.75, 3.05) is 13.2 Å². The van der Waals surface area contributed by atoms with Crippen LogP contribution in [0.3, 0.4) is 0 Å². The Kier molecular flexibility index (Phi) is 5.47. The van der Waals surface area contributed by atoms with Crippen LogP contribution >= 0.6 is 0 Å². The Morgan fingerprint density at radius 2 is 2.09 bits per heavy atom. The van der Waals surface area contributed by atoms with E-state index in [2.05, 4.69) is 50.8 Å². The molecular formula is C26H29N6O2+. The fourth-order valence-corrected chi connectivity index (χ4v) is 5.53. The van der Waals surface area contributed by atoms with Gasteiger partial charge in [-0.05, 0) is 52.8 Å². The summed E-state index contributed by atoms with van der Waals surface area (Å²) in [6.45, 7) is 5.12. The van der Waals surface area contributed by atoms with Crippen molar-refractivity contribution in [3.05, 3.63) is 87.0 Å². The molecule has 1 saturated heterocycles. The van der Waals surface area contributed by atoms with E-state index in [1.54, 1.807) is 0 Å². The minimum absolute atomic E-state index is 0.0789. The summed E-state index contributed by atoms with van der Waals surface area (Å²) in [5.74, 6) is 0.724. The molecule has 2 N–H and O–H groups in total. The molecule has 174 valence electrons. The summed E-state index contributed by atoms with van der Waals surface area (Å²) in [4.78, 5) is 17.9. The van der Waals surface area contributed by atoms with Crippen LogP contribution in [0, 0.1) is 6.92 Å². The maximum atomic E-state index is 13.5. The Labute approximate surface area is 197 Å². The van der Waals surface area contributed by atoms with Crippen molar-refractivity contribution >= 4 is 10.9 Å². The molecule has 6 rings (SSSR count). The van der Waals surface area contributed by atoms with Crippen molar-refractivity contribution in [1.82, 2.24) is 25.2 Å². The Morgan fingerprint density at radius 1 is 1.21 bits per heavy atom. The van der Waals surface area contributed by atoms with E-state index in [0.29, 0.717) is 12.1 Å². The summed E-state index contributed by atoms with van der Waals surface area (Å²) in [5.41, 5.74) is 5.26. The van der Waals surface area contributed by atoms with Gasteiger partial charge in [0.2, 0.25) is 5.82 Å². The SMILES string of the molecule is Cc1cccc2cc([C@H](c3nnnn3C[C@@H]3CCCO3)[NH+]3CCc4ccccc4C3)c(=O)[nH]c12. The first kappa shape index (κ1) is 21.2. The van der Waals surface area contributed by atoms with Gasteiger partial charge in [-0.25, -0.2) is 4.68 Å². The summed E-state index contributed by atoms with van der Waals surface area (Å²) in [5, 5.41) is 13.9. The van der Waals surface area contributed by atoms with E-state index in [1.165, 1.54) is 16.0 Å². The first-order valence-electron chi connectivity index (χ1n) is 12.1. The maximum absolute atomic E-state index is 13.5. The van der Waals surface area contributed by atoms with Crippen molar-refractivity contribution in [3.8, 4) is 0 Å². The van der Waals surface area contributed by atoms with Gasteiger partial charge in [0.15, 0.2) is 6.04 Å². The van der Waals surface area contributed by atoms with Gasteiger partial charge in [-0.2, -0.15) is 0 Å². The van der Waals surface area contributed by atoms with Gasteiger partial charge in [0, 0.05) is 18.6 Å². The first-order valence-corrected chi connectivity index (χ1v) is 12.1. The summed E-state index contributed by atoms with van der Waals surface area (Å²) in [7, 11) is 0. The van der Waals surface area contributed by atoms with E-state index in [0.717, 1.165) is 61.2 Å². The number of aryl methyl sites for hydroxylation is 1. The molecule has 34 heavy (non-hydrogen) atoms. The Hall–Kier alpha value is -3.36. The molecule has 8 heteroatoms. The number of para-hydroxylation sites is 1. The maximum Gasteiger partial charge on any atom is 0.258 e. The van der Waals surface area contributed by atoms with Crippen LogP contribution in [0.1, 0.15) is 47.0 Å². The zero-order valence-corrected chi connectivity index (χ0v) is 19.3. The van der Waals surface area contributed by atoms with Crippen LogP contribution in [0.5, 0.6) is 0 Å². The number of pyridine rings is 1. The van der Waals surface area contributed by atoms with E-state index in [1.807, 2.05) is 29.8 Å². The van der Waals surface area contributed by atoms with Crippen LogP contribution in [-0.2, 0) is 24.2 Å². The fraction of sp³-hybridized carbons (Fsp3) is 0.385. The first-order chi connectivity index (χ1) is 16.7. The Morgan fingerprint density at radius 3 is 2.94 bits per heavy atom. The van der Waals surface area contributed by atoms with Gasteiger partial charge in [0.05, 0.1) is 30.3 Å². The zero-order valence-electron chi connectivity index (χ0n) is 19.3. The molecule has 4 aromatic rings. The van der Waals surface area contributed by atoms with Gasteiger partial charge in [0.1, 0.15) is 6.54 Å². The largest absolute Gasteiger partial charge is 0.376 e.